The molecule has 6 heteroatoms. The van der Waals surface area contributed by atoms with Crippen LogP contribution in [-0.2, 0) is 4.79 Å². The Morgan fingerprint density at radius 3 is 2.17 bits per heavy atom. The zero-order valence-corrected chi connectivity index (χ0v) is 14.5. The van der Waals surface area contributed by atoms with Crippen molar-refractivity contribution in [2.75, 3.05) is 13.1 Å². The Balaban J connectivity index is 2.70. The highest BCUT2D eigenvalue weighted by molar-refractivity contribution is 5.99. The van der Waals surface area contributed by atoms with Crippen molar-refractivity contribution in [3.8, 4) is 0 Å². The van der Waals surface area contributed by atoms with E-state index in [0.717, 1.165) is 6.42 Å². The molecule has 0 aliphatic carbocycles. The summed E-state index contributed by atoms with van der Waals surface area (Å²) in [7, 11) is 0. The van der Waals surface area contributed by atoms with Crippen molar-refractivity contribution in [1.29, 1.82) is 0 Å². The van der Waals surface area contributed by atoms with Crippen LogP contribution in [0.5, 0.6) is 0 Å². The van der Waals surface area contributed by atoms with Gasteiger partial charge < -0.3 is 15.7 Å². The summed E-state index contributed by atoms with van der Waals surface area (Å²) in [5.74, 6) is -1.92. The molecule has 0 saturated heterocycles. The van der Waals surface area contributed by atoms with Crippen LogP contribution in [0, 0.1) is 11.8 Å². The number of hydrogen-bond donors (Lipinski definition) is 3. The van der Waals surface area contributed by atoms with E-state index in [0.29, 0.717) is 24.1 Å². The van der Waals surface area contributed by atoms with Crippen molar-refractivity contribution < 1.29 is 19.5 Å². The third-order valence-electron chi connectivity index (χ3n) is 3.54. The van der Waals surface area contributed by atoms with E-state index in [-0.39, 0.29) is 24.3 Å². The first-order valence-corrected chi connectivity index (χ1v) is 8.24. The summed E-state index contributed by atoms with van der Waals surface area (Å²) in [6.45, 7) is 6.48. The third kappa shape index (κ3) is 6.40. The second kappa shape index (κ2) is 9.70. The Kier molecular flexibility index (Phi) is 7.95. The summed E-state index contributed by atoms with van der Waals surface area (Å²) in [6.07, 6.45) is 1.33. The van der Waals surface area contributed by atoms with E-state index in [2.05, 4.69) is 10.6 Å². The summed E-state index contributed by atoms with van der Waals surface area (Å²) >= 11 is 0. The highest BCUT2D eigenvalue weighted by Gasteiger charge is 2.20. The molecule has 3 N–H and O–H groups in total. The molecule has 0 aromatic heterocycles. The molecule has 0 spiro atoms. The molecule has 0 heterocycles. The van der Waals surface area contributed by atoms with E-state index >= 15 is 0 Å². The molecule has 1 aromatic rings. The first-order valence-electron chi connectivity index (χ1n) is 8.24. The fourth-order valence-electron chi connectivity index (χ4n) is 2.30. The topological polar surface area (TPSA) is 95.5 Å². The molecule has 0 fully saturated rings. The number of carboxylic acid groups (broad SMARTS) is 1. The first kappa shape index (κ1) is 19.7. The molecule has 6 nitrogen and oxygen atoms in total. The van der Waals surface area contributed by atoms with E-state index in [9.17, 15) is 19.5 Å². The fraction of sp³-hybridized carbons (Fsp3) is 0.500. The highest BCUT2D eigenvalue weighted by Crippen LogP contribution is 2.12. The van der Waals surface area contributed by atoms with Gasteiger partial charge in [-0.05, 0) is 37.0 Å². The normalized spacial score (nSPS) is 11.8. The zero-order valence-electron chi connectivity index (χ0n) is 14.5. The van der Waals surface area contributed by atoms with Crippen molar-refractivity contribution in [2.24, 2.45) is 11.8 Å². The standard InChI is InChI=1S/C18H26N2O4/c1-4-8-19-16(21)13-6-5-7-14(10-13)17(22)20-11-15(18(23)24)9-12(2)3/h5-7,10,12,15H,4,8-9,11H2,1-3H3,(H,19,21)(H,20,22)(H,23,24). The number of benzene rings is 1. The van der Waals surface area contributed by atoms with Crippen LogP contribution in [0.15, 0.2) is 24.3 Å². The number of aliphatic carboxylic acids is 1. The third-order valence-corrected chi connectivity index (χ3v) is 3.54. The van der Waals surface area contributed by atoms with Crippen LogP contribution in [0.1, 0.15) is 54.3 Å². The van der Waals surface area contributed by atoms with Crippen molar-refractivity contribution in [2.45, 2.75) is 33.6 Å². The minimum Gasteiger partial charge on any atom is -0.481 e. The van der Waals surface area contributed by atoms with Crippen molar-refractivity contribution in [1.82, 2.24) is 10.6 Å². The van der Waals surface area contributed by atoms with Crippen LogP contribution in [0.2, 0.25) is 0 Å². The Labute approximate surface area is 142 Å². The van der Waals surface area contributed by atoms with E-state index in [1.165, 1.54) is 6.07 Å². The number of nitrogens with one attached hydrogen (secondary N) is 2. The Morgan fingerprint density at radius 1 is 1.08 bits per heavy atom. The Bertz CT molecular complexity index is 584. The second-order valence-electron chi connectivity index (χ2n) is 6.21. The molecule has 1 atom stereocenters. The van der Waals surface area contributed by atoms with Gasteiger partial charge in [0.25, 0.3) is 11.8 Å². The van der Waals surface area contributed by atoms with Gasteiger partial charge in [0.1, 0.15) is 0 Å². The van der Waals surface area contributed by atoms with Gasteiger partial charge in [-0.1, -0.05) is 26.8 Å². The van der Waals surface area contributed by atoms with Crippen molar-refractivity contribution >= 4 is 17.8 Å². The number of carboxylic acids is 1. The molecular weight excluding hydrogens is 308 g/mol. The van der Waals surface area contributed by atoms with Gasteiger partial charge >= 0.3 is 5.97 Å². The second-order valence-corrected chi connectivity index (χ2v) is 6.21. The minimum atomic E-state index is -0.920. The SMILES string of the molecule is CCCNC(=O)c1cccc(C(=O)NCC(CC(C)C)C(=O)O)c1. The van der Waals surface area contributed by atoms with Crippen LogP contribution < -0.4 is 10.6 Å². The molecule has 0 bridgehead atoms. The molecule has 0 aliphatic rings. The minimum absolute atomic E-state index is 0.0681. The van der Waals surface area contributed by atoms with E-state index in [1.807, 2.05) is 20.8 Å². The maximum Gasteiger partial charge on any atom is 0.308 e. The van der Waals surface area contributed by atoms with Gasteiger partial charge in [-0.15, -0.1) is 0 Å². The van der Waals surface area contributed by atoms with Gasteiger partial charge in [-0.2, -0.15) is 0 Å². The Morgan fingerprint density at radius 2 is 1.67 bits per heavy atom. The molecule has 132 valence electrons. The molecule has 1 aromatic carbocycles. The largest absolute Gasteiger partial charge is 0.481 e. The molecule has 0 radical (unpaired) electrons. The lowest BCUT2D eigenvalue weighted by molar-refractivity contribution is -0.142. The molecule has 24 heavy (non-hydrogen) atoms. The number of carbonyl (C=O) groups is 3. The summed E-state index contributed by atoms with van der Waals surface area (Å²) < 4.78 is 0. The number of rotatable bonds is 9. The monoisotopic (exact) mass is 334 g/mol. The van der Waals surface area contributed by atoms with E-state index in [1.54, 1.807) is 18.2 Å². The van der Waals surface area contributed by atoms with Gasteiger partial charge in [0.2, 0.25) is 0 Å². The molecule has 0 saturated carbocycles. The lowest BCUT2D eigenvalue weighted by atomic mass is 9.97. The zero-order chi connectivity index (χ0) is 18.1. The van der Waals surface area contributed by atoms with E-state index < -0.39 is 11.9 Å². The number of carbonyl (C=O) groups excluding carboxylic acids is 2. The van der Waals surface area contributed by atoms with Crippen LogP contribution in [0.3, 0.4) is 0 Å². The predicted octanol–water partition coefficient (Wildman–Crippen LogP) is 2.30. The van der Waals surface area contributed by atoms with Gasteiger partial charge in [0.05, 0.1) is 5.92 Å². The van der Waals surface area contributed by atoms with Crippen LogP contribution in [0.4, 0.5) is 0 Å². The average molecular weight is 334 g/mol. The maximum absolute atomic E-state index is 12.2. The van der Waals surface area contributed by atoms with Gasteiger partial charge in [-0.3, -0.25) is 14.4 Å². The average Bonchev–Trinajstić information content (AvgIpc) is 2.55. The van der Waals surface area contributed by atoms with Crippen molar-refractivity contribution in [3.05, 3.63) is 35.4 Å². The fourth-order valence-corrected chi connectivity index (χ4v) is 2.30. The molecule has 1 rings (SSSR count). The molecule has 2 amide bonds. The van der Waals surface area contributed by atoms with Crippen LogP contribution in [-0.4, -0.2) is 36.0 Å². The summed E-state index contributed by atoms with van der Waals surface area (Å²) in [4.78, 5) is 35.4. The van der Waals surface area contributed by atoms with Crippen LogP contribution >= 0.6 is 0 Å². The Hall–Kier alpha value is -2.37. The van der Waals surface area contributed by atoms with Crippen LogP contribution in [0.25, 0.3) is 0 Å². The molecule has 0 aliphatic heterocycles. The number of hydrogen-bond acceptors (Lipinski definition) is 3. The van der Waals surface area contributed by atoms with Crippen molar-refractivity contribution in [3.63, 3.8) is 0 Å². The van der Waals surface area contributed by atoms with Gasteiger partial charge in [-0.25, -0.2) is 0 Å². The molecular formula is C18H26N2O4. The lowest BCUT2D eigenvalue weighted by Gasteiger charge is -2.15. The summed E-state index contributed by atoms with van der Waals surface area (Å²) in [5, 5.41) is 14.6. The van der Waals surface area contributed by atoms with E-state index in [4.69, 9.17) is 0 Å². The molecule has 1 unspecified atom stereocenters. The smallest absolute Gasteiger partial charge is 0.308 e. The predicted molar refractivity (Wildman–Crippen MR) is 92.0 cm³/mol. The highest BCUT2D eigenvalue weighted by atomic mass is 16.4. The first-order chi connectivity index (χ1) is 11.3. The van der Waals surface area contributed by atoms with Gasteiger partial charge in [0.15, 0.2) is 0 Å². The summed E-state index contributed by atoms with van der Waals surface area (Å²) in [6, 6.07) is 6.39. The van der Waals surface area contributed by atoms with Gasteiger partial charge in [0, 0.05) is 24.2 Å². The summed E-state index contributed by atoms with van der Waals surface area (Å²) in [5.41, 5.74) is 0.751. The maximum atomic E-state index is 12.2. The quantitative estimate of drug-likeness (QED) is 0.646. The number of amides is 2. The lowest BCUT2D eigenvalue weighted by Crippen LogP contribution is -2.33.